The molecule has 114 valence electrons. The highest BCUT2D eigenvalue weighted by molar-refractivity contribution is 5.97. The molecule has 1 aliphatic heterocycles. The van der Waals surface area contributed by atoms with E-state index < -0.39 is 17.9 Å². The second-order valence-corrected chi connectivity index (χ2v) is 4.64. The van der Waals surface area contributed by atoms with Gasteiger partial charge >= 0.3 is 5.97 Å². The smallest absolute Gasteiger partial charge is 0.338 e. The minimum absolute atomic E-state index is 0.118. The molecule has 1 unspecified atom stereocenters. The van der Waals surface area contributed by atoms with E-state index in [2.05, 4.69) is 5.32 Å². The summed E-state index contributed by atoms with van der Waals surface area (Å²) in [5.41, 5.74) is -0.118. The van der Waals surface area contributed by atoms with Crippen molar-refractivity contribution < 1.29 is 28.6 Å². The number of rotatable bonds is 4. The van der Waals surface area contributed by atoms with E-state index in [0.29, 0.717) is 26.3 Å². The van der Waals surface area contributed by atoms with Gasteiger partial charge in [-0.25, -0.2) is 4.79 Å². The molecule has 2 amide bonds. The van der Waals surface area contributed by atoms with Crippen molar-refractivity contribution in [3.8, 4) is 0 Å². The van der Waals surface area contributed by atoms with Gasteiger partial charge in [0.1, 0.15) is 12.3 Å². The number of ether oxygens (including phenoxy) is 1. The normalized spacial score (nSPS) is 16.3. The van der Waals surface area contributed by atoms with Crippen LogP contribution < -0.4 is 5.32 Å². The highest BCUT2D eigenvalue weighted by Crippen LogP contribution is 2.08. The maximum atomic E-state index is 12.1. The average molecular weight is 296 g/mol. The van der Waals surface area contributed by atoms with Gasteiger partial charge in [-0.15, -0.1) is 0 Å². The van der Waals surface area contributed by atoms with E-state index in [0.717, 1.165) is 12.3 Å². The quantitative estimate of drug-likeness (QED) is 0.806. The minimum atomic E-state index is -1.18. The lowest BCUT2D eigenvalue weighted by molar-refractivity contribution is -0.136. The van der Waals surface area contributed by atoms with Gasteiger partial charge in [0.05, 0.1) is 18.8 Å². The van der Waals surface area contributed by atoms with E-state index in [1.165, 1.54) is 0 Å². The summed E-state index contributed by atoms with van der Waals surface area (Å²) in [6.45, 7) is 3.50. The number of nitrogens with one attached hydrogen (secondary N) is 1. The third-order valence-corrected chi connectivity index (χ3v) is 3.11. The number of furan rings is 1. The van der Waals surface area contributed by atoms with Crippen LogP contribution in [0.25, 0.3) is 0 Å². The molecule has 0 aromatic carbocycles. The van der Waals surface area contributed by atoms with Crippen molar-refractivity contribution in [1.29, 1.82) is 0 Å². The topological polar surface area (TPSA) is 109 Å². The van der Waals surface area contributed by atoms with Gasteiger partial charge in [-0.2, -0.15) is 0 Å². The Morgan fingerprint density at radius 1 is 1.33 bits per heavy atom. The predicted octanol–water partition coefficient (Wildman–Crippen LogP) is -0.0451. The molecule has 1 aliphatic rings. The van der Waals surface area contributed by atoms with E-state index in [-0.39, 0.29) is 17.2 Å². The average Bonchev–Trinajstić information content (AvgIpc) is 2.97. The van der Waals surface area contributed by atoms with Gasteiger partial charge in [-0.3, -0.25) is 9.59 Å². The largest absolute Gasteiger partial charge is 0.478 e. The summed E-state index contributed by atoms with van der Waals surface area (Å²) in [5.74, 6) is -2.17. The maximum Gasteiger partial charge on any atom is 0.338 e. The number of hydrogen-bond donors (Lipinski definition) is 2. The standard InChI is InChI=1S/C13H16N2O6/c1-8(12(17)15-2-4-20-5-3-15)14-11(16)10-6-9(7-21-10)13(18)19/h6-8H,2-5H2,1H3,(H,14,16)(H,18,19). The first-order valence-corrected chi connectivity index (χ1v) is 6.48. The first-order valence-electron chi connectivity index (χ1n) is 6.48. The molecule has 8 heteroatoms. The minimum Gasteiger partial charge on any atom is -0.478 e. The fraction of sp³-hybridized carbons (Fsp3) is 0.462. The Morgan fingerprint density at radius 3 is 2.57 bits per heavy atom. The van der Waals surface area contributed by atoms with Crippen molar-refractivity contribution in [3.05, 3.63) is 23.7 Å². The molecular weight excluding hydrogens is 280 g/mol. The zero-order valence-corrected chi connectivity index (χ0v) is 11.5. The Bertz CT molecular complexity index is 547. The maximum absolute atomic E-state index is 12.1. The van der Waals surface area contributed by atoms with Crippen LogP contribution in [-0.2, 0) is 9.53 Å². The molecule has 1 fully saturated rings. The molecule has 0 saturated carbocycles. The van der Waals surface area contributed by atoms with Gasteiger partial charge in [0, 0.05) is 19.2 Å². The van der Waals surface area contributed by atoms with Gasteiger partial charge in [-0.05, 0) is 6.92 Å². The summed E-state index contributed by atoms with van der Waals surface area (Å²) < 4.78 is 10.0. The first-order chi connectivity index (χ1) is 9.99. The van der Waals surface area contributed by atoms with Crippen LogP contribution >= 0.6 is 0 Å². The second kappa shape index (κ2) is 6.40. The molecule has 1 saturated heterocycles. The molecule has 21 heavy (non-hydrogen) atoms. The highest BCUT2D eigenvalue weighted by Gasteiger charge is 2.25. The van der Waals surface area contributed by atoms with Crippen molar-refractivity contribution in [2.45, 2.75) is 13.0 Å². The van der Waals surface area contributed by atoms with Crippen LogP contribution in [0.2, 0.25) is 0 Å². The summed E-state index contributed by atoms with van der Waals surface area (Å²) in [6, 6.07) is 0.387. The molecule has 2 N–H and O–H groups in total. The molecule has 1 atom stereocenters. The van der Waals surface area contributed by atoms with Crippen molar-refractivity contribution in [2.24, 2.45) is 0 Å². The van der Waals surface area contributed by atoms with E-state index in [9.17, 15) is 14.4 Å². The third-order valence-electron chi connectivity index (χ3n) is 3.11. The molecule has 8 nitrogen and oxygen atoms in total. The molecule has 0 bridgehead atoms. The molecule has 0 spiro atoms. The predicted molar refractivity (Wildman–Crippen MR) is 70.0 cm³/mol. The Labute approximate surface area is 120 Å². The van der Waals surface area contributed by atoms with Crippen molar-refractivity contribution in [3.63, 3.8) is 0 Å². The van der Waals surface area contributed by atoms with Crippen LogP contribution in [0.5, 0.6) is 0 Å². The summed E-state index contributed by atoms with van der Waals surface area (Å²) in [7, 11) is 0. The van der Waals surface area contributed by atoms with E-state index in [4.69, 9.17) is 14.3 Å². The molecular formula is C13H16N2O6. The van der Waals surface area contributed by atoms with Crippen LogP contribution in [0, 0.1) is 0 Å². The van der Waals surface area contributed by atoms with Crippen molar-refractivity contribution in [2.75, 3.05) is 26.3 Å². The Hall–Kier alpha value is -2.35. The van der Waals surface area contributed by atoms with Crippen LogP contribution in [0.1, 0.15) is 27.8 Å². The third kappa shape index (κ3) is 3.60. The Balaban J connectivity index is 1.94. The van der Waals surface area contributed by atoms with Crippen molar-refractivity contribution >= 4 is 17.8 Å². The van der Waals surface area contributed by atoms with E-state index in [1.807, 2.05) is 0 Å². The molecule has 2 rings (SSSR count). The SMILES string of the molecule is CC(NC(=O)c1cc(C(=O)O)co1)C(=O)N1CCOCC1. The Morgan fingerprint density at radius 2 is 2.00 bits per heavy atom. The number of carboxylic acids is 1. The zero-order valence-electron chi connectivity index (χ0n) is 11.5. The van der Waals surface area contributed by atoms with Crippen molar-refractivity contribution in [1.82, 2.24) is 10.2 Å². The fourth-order valence-corrected chi connectivity index (χ4v) is 1.95. The summed E-state index contributed by atoms with van der Waals surface area (Å²) in [5, 5.41) is 11.2. The van der Waals surface area contributed by atoms with Gasteiger partial charge < -0.3 is 24.5 Å². The number of morpholine rings is 1. The molecule has 1 aromatic rings. The lowest BCUT2D eigenvalue weighted by Gasteiger charge is -2.29. The summed E-state index contributed by atoms with van der Waals surface area (Å²) in [4.78, 5) is 36.3. The summed E-state index contributed by atoms with van der Waals surface area (Å²) in [6.07, 6.45) is 0.978. The van der Waals surface area contributed by atoms with Crippen LogP contribution in [0.4, 0.5) is 0 Å². The van der Waals surface area contributed by atoms with E-state index >= 15 is 0 Å². The number of carbonyl (C=O) groups excluding carboxylic acids is 2. The number of carbonyl (C=O) groups is 3. The zero-order chi connectivity index (χ0) is 15.4. The monoisotopic (exact) mass is 296 g/mol. The summed E-state index contributed by atoms with van der Waals surface area (Å²) >= 11 is 0. The highest BCUT2D eigenvalue weighted by atomic mass is 16.5. The fourth-order valence-electron chi connectivity index (χ4n) is 1.95. The van der Waals surface area contributed by atoms with Gasteiger partial charge in [0.25, 0.3) is 5.91 Å². The van der Waals surface area contributed by atoms with Gasteiger partial charge in [-0.1, -0.05) is 0 Å². The molecule has 2 heterocycles. The van der Waals surface area contributed by atoms with E-state index in [1.54, 1.807) is 11.8 Å². The number of aromatic carboxylic acids is 1. The Kier molecular flexibility index (Phi) is 4.59. The van der Waals surface area contributed by atoms with Gasteiger partial charge in [0.15, 0.2) is 5.76 Å². The molecule has 0 aliphatic carbocycles. The van der Waals surface area contributed by atoms with Crippen LogP contribution in [0.3, 0.4) is 0 Å². The molecule has 0 radical (unpaired) electrons. The number of nitrogens with zero attached hydrogens (tertiary/aromatic N) is 1. The second-order valence-electron chi connectivity index (χ2n) is 4.64. The lowest BCUT2D eigenvalue weighted by atomic mass is 10.2. The number of carboxylic acid groups (broad SMARTS) is 1. The van der Waals surface area contributed by atoms with Gasteiger partial charge in [0.2, 0.25) is 5.91 Å². The molecule has 1 aromatic heterocycles. The number of amides is 2. The first kappa shape index (κ1) is 15.0. The lowest BCUT2D eigenvalue weighted by Crippen LogP contribution is -2.50. The van der Waals surface area contributed by atoms with Crippen LogP contribution in [-0.4, -0.2) is 60.1 Å². The number of hydrogen-bond acceptors (Lipinski definition) is 5. The van der Waals surface area contributed by atoms with Crippen LogP contribution in [0.15, 0.2) is 16.7 Å².